The minimum Gasteiger partial charge on any atom is -0.481 e. The van der Waals surface area contributed by atoms with Crippen LogP contribution in [-0.2, 0) is 9.59 Å². The quantitative estimate of drug-likeness (QED) is 0.501. The summed E-state index contributed by atoms with van der Waals surface area (Å²) in [5.74, 6) is -0.783. The van der Waals surface area contributed by atoms with E-state index in [1.54, 1.807) is 0 Å². The van der Waals surface area contributed by atoms with Gasteiger partial charge in [-0.05, 0) is 25.7 Å². The van der Waals surface area contributed by atoms with Gasteiger partial charge in [0.1, 0.15) is 0 Å². The van der Waals surface area contributed by atoms with Crippen LogP contribution in [0.15, 0.2) is 0 Å². The second-order valence-electron chi connectivity index (χ2n) is 3.86. The first-order valence-electron chi connectivity index (χ1n) is 5.40. The Bertz CT molecular complexity index is 227. The zero-order chi connectivity index (χ0) is 11.1. The van der Waals surface area contributed by atoms with Crippen molar-refractivity contribution in [3.63, 3.8) is 0 Å². The van der Waals surface area contributed by atoms with Crippen LogP contribution in [0.25, 0.3) is 0 Å². The topological polar surface area (TPSA) is 78.4 Å². The highest BCUT2D eigenvalue weighted by atomic mass is 16.4. The maximum absolute atomic E-state index is 11.2. The zero-order valence-corrected chi connectivity index (χ0v) is 8.79. The van der Waals surface area contributed by atoms with E-state index in [0.717, 1.165) is 6.42 Å². The SMILES string of the molecule is O=C(O)CCCCNC(=O)CNC1CC1. The molecule has 0 atom stereocenters. The van der Waals surface area contributed by atoms with E-state index in [-0.39, 0.29) is 12.3 Å². The number of hydrogen-bond donors (Lipinski definition) is 3. The smallest absolute Gasteiger partial charge is 0.303 e. The highest BCUT2D eigenvalue weighted by molar-refractivity contribution is 5.78. The van der Waals surface area contributed by atoms with Gasteiger partial charge < -0.3 is 15.7 Å². The lowest BCUT2D eigenvalue weighted by molar-refractivity contribution is -0.137. The summed E-state index contributed by atoms with van der Waals surface area (Å²) in [5, 5.41) is 14.2. The van der Waals surface area contributed by atoms with E-state index in [1.807, 2.05) is 0 Å². The Labute approximate surface area is 89.2 Å². The first-order valence-corrected chi connectivity index (χ1v) is 5.40. The minimum absolute atomic E-state index is 0.00257. The molecule has 1 fully saturated rings. The van der Waals surface area contributed by atoms with Gasteiger partial charge in [-0.15, -0.1) is 0 Å². The van der Waals surface area contributed by atoms with E-state index >= 15 is 0 Å². The van der Waals surface area contributed by atoms with Gasteiger partial charge in [0.2, 0.25) is 5.91 Å². The molecule has 1 aliphatic carbocycles. The fourth-order valence-electron chi connectivity index (χ4n) is 1.22. The van der Waals surface area contributed by atoms with Gasteiger partial charge in [0, 0.05) is 19.0 Å². The molecular weight excluding hydrogens is 196 g/mol. The third-order valence-corrected chi connectivity index (χ3v) is 2.27. The van der Waals surface area contributed by atoms with Crippen LogP contribution in [0.4, 0.5) is 0 Å². The Hall–Kier alpha value is -1.10. The average molecular weight is 214 g/mol. The molecule has 1 rings (SSSR count). The third kappa shape index (κ3) is 6.90. The van der Waals surface area contributed by atoms with Crippen LogP contribution in [0.5, 0.6) is 0 Å². The molecule has 1 amide bonds. The van der Waals surface area contributed by atoms with Crippen molar-refractivity contribution in [2.24, 2.45) is 0 Å². The second kappa shape index (κ2) is 6.40. The molecule has 0 unspecified atom stereocenters. The number of rotatable bonds is 8. The molecule has 0 saturated heterocycles. The fraction of sp³-hybridized carbons (Fsp3) is 0.800. The molecule has 0 heterocycles. The Balaban J connectivity index is 1.85. The number of unbranched alkanes of at least 4 members (excludes halogenated alkanes) is 1. The van der Waals surface area contributed by atoms with E-state index < -0.39 is 5.97 Å². The summed E-state index contributed by atoms with van der Waals surface area (Å²) in [7, 11) is 0. The summed E-state index contributed by atoms with van der Waals surface area (Å²) >= 11 is 0. The number of hydrogen-bond acceptors (Lipinski definition) is 3. The van der Waals surface area contributed by atoms with Gasteiger partial charge in [-0.1, -0.05) is 0 Å². The molecule has 5 nitrogen and oxygen atoms in total. The van der Waals surface area contributed by atoms with Gasteiger partial charge in [0.05, 0.1) is 6.54 Å². The van der Waals surface area contributed by atoms with Gasteiger partial charge in [-0.3, -0.25) is 9.59 Å². The van der Waals surface area contributed by atoms with Crippen molar-refractivity contribution in [1.82, 2.24) is 10.6 Å². The maximum atomic E-state index is 11.2. The molecular formula is C10H18N2O3. The molecule has 0 aromatic carbocycles. The molecule has 0 aromatic rings. The van der Waals surface area contributed by atoms with Gasteiger partial charge in [0.25, 0.3) is 0 Å². The molecule has 0 spiro atoms. The molecule has 0 bridgehead atoms. The van der Waals surface area contributed by atoms with E-state index in [1.165, 1.54) is 12.8 Å². The highest BCUT2D eigenvalue weighted by Crippen LogP contribution is 2.17. The lowest BCUT2D eigenvalue weighted by atomic mass is 10.2. The van der Waals surface area contributed by atoms with Crippen LogP contribution in [0.3, 0.4) is 0 Å². The number of carbonyl (C=O) groups excluding carboxylic acids is 1. The van der Waals surface area contributed by atoms with Gasteiger partial charge >= 0.3 is 5.97 Å². The number of amides is 1. The van der Waals surface area contributed by atoms with Crippen molar-refractivity contribution in [2.75, 3.05) is 13.1 Å². The molecule has 0 aromatic heterocycles. The Morgan fingerprint density at radius 1 is 1.27 bits per heavy atom. The first-order chi connectivity index (χ1) is 7.18. The summed E-state index contributed by atoms with van der Waals surface area (Å²) in [6.45, 7) is 0.946. The summed E-state index contributed by atoms with van der Waals surface area (Å²) in [6, 6.07) is 0.544. The number of carbonyl (C=O) groups is 2. The third-order valence-electron chi connectivity index (χ3n) is 2.27. The first kappa shape index (κ1) is 12.0. The van der Waals surface area contributed by atoms with Crippen LogP contribution in [-0.4, -0.2) is 36.1 Å². The predicted octanol–water partition coefficient (Wildman–Crippen LogP) is 0.110. The number of carboxylic acids is 1. The van der Waals surface area contributed by atoms with E-state index in [4.69, 9.17) is 5.11 Å². The normalized spacial score (nSPS) is 14.9. The highest BCUT2D eigenvalue weighted by Gasteiger charge is 2.20. The monoisotopic (exact) mass is 214 g/mol. The maximum Gasteiger partial charge on any atom is 0.303 e. The van der Waals surface area contributed by atoms with Gasteiger partial charge in [0.15, 0.2) is 0 Å². The number of aliphatic carboxylic acids is 1. The summed E-state index contributed by atoms with van der Waals surface area (Å²) < 4.78 is 0. The van der Waals surface area contributed by atoms with E-state index in [9.17, 15) is 9.59 Å². The van der Waals surface area contributed by atoms with Crippen molar-refractivity contribution in [2.45, 2.75) is 38.1 Å². The molecule has 1 saturated carbocycles. The molecule has 1 aliphatic rings. The van der Waals surface area contributed by atoms with E-state index in [0.29, 0.717) is 25.6 Å². The van der Waals surface area contributed by atoms with Crippen LogP contribution in [0.2, 0.25) is 0 Å². The largest absolute Gasteiger partial charge is 0.481 e. The molecule has 3 N–H and O–H groups in total. The van der Waals surface area contributed by atoms with Crippen LogP contribution in [0.1, 0.15) is 32.1 Å². The van der Waals surface area contributed by atoms with Crippen LogP contribution >= 0.6 is 0 Å². The van der Waals surface area contributed by atoms with Gasteiger partial charge in [-0.25, -0.2) is 0 Å². The second-order valence-corrected chi connectivity index (χ2v) is 3.86. The number of nitrogens with one attached hydrogen (secondary N) is 2. The van der Waals surface area contributed by atoms with Crippen molar-refractivity contribution < 1.29 is 14.7 Å². The Morgan fingerprint density at radius 2 is 2.00 bits per heavy atom. The Morgan fingerprint density at radius 3 is 2.60 bits per heavy atom. The predicted molar refractivity (Wildman–Crippen MR) is 55.5 cm³/mol. The standard InChI is InChI=1S/C10H18N2O3/c13-9(7-12-8-4-5-8)11-6-2-1-3-10(14)15/h8,12H,1-7H2,(H,11,13)(H,14,15). The summed E-state index contributed by atoms with van der Waals surface area (Å²) in [4.78, 5) is 21.4. The molecule has 5 heteroatoms. The minimum atomic E-state index is -0.781. The molecule has 86 valence electrons. The lowest BCUT2D eigenvalue weighted by Gasteiger charge is -2.04. The molecule has 15 heavy (non-hydrogen) atoms. The van der Waals surface area contributed by atoms with Crippen LogP contribution in [0, 0.1) is 0 Å². The van der Waals surface area contributed by atoms with Crippen molar-refractivity contribution >= 4 is 11.9 Å². The molecule has 0 aliphatic heterocycles. The average Bonchev–Trinajstić information content (AvgIpc) is 2.97. The lowest BCUT2D eigenvalue weighted by Crippen LogP contribution is -2.35. The van der Waals surface area contributed by atoms with Crippen molar-refractivity contribution in [3.05, 3.63) is 0 Å². The summed E-state index contributed by atoms with van der Waals surface area (Å²) in [5.41, 5.74) is 0. The summed E-state index contributed by atoms with van der Waals surface area (Å²) in [6.07, 6.45) is 3.86. The van der Waals surface area contributed by atoms with Crippen molar-refractivity contribution in [1.29, 1.82) is 0 Å². The zero-order valence-electron chi connectivity index (χ0n) is 8.79. The van der Waals surface area contributed by atoms with Crippen molar-refractivity contribution in [3.8, 4) is 0 Å². The number of carboxylic acid groups (broad SMARTS) is 1. The fourth-order valence-corrected chi connectivity index (χ4v) is 1.22. The molecule has 0 radical (unpaired) electrons. The van der Waals surface area contributed by atoms with Gasteiger partial charge in [-0.2, -0.15) is 0 Å². The van der Waals surface area contributed by atoms with E-state index in [2.05, 4.69) is 10.6 Å². The van der Waals surface area contributed by atoms with Crippen LogP contribution < -0.4 is 10.6 Å². The Kier molecular flexibility index (Phi) is 5.10.